The van der Waals surface area contributed by atoms with Crippen LogP contribution in [0.15, 0.2) is 54.1 Å². The molecule has 1 N–H and O–H groups in total. The van der Waals surface area contributed by atoms with Crippen molar-refractivity contribution < 1.29 is 4.79 Å². The van der Waals surface area contributed by atoms with Crippen LogP contribution in [0, 0.1) is 6.92 Å². The highest BCUT2D eigenvalue weighted by Gasteiger charge is 2.20. The Balaban J connectivity index is 1.19. The Labute approximate surface area is 191 Å². The Morgan fingerprint density at radius 3 is 2.53 bits per heavy atom. The Bertz CT molecular complexity index is 1040. The number of carbonyl (C=O) groups is 1. The molecule has 0 aromatic heterocycles. The number of benzene rings is 2. The molecule has 1 aliphatic carbocycles. The number of likely N-dealkylation sites (tertiary alicyclic amines) is 1. The lowest BCUT2D eigenvalue weighted by molar-refractivity contribution is 0.217. The van der Waals surface area contributed by atoms with Crippen molar-refractivity contribution in [1.29, 1.82) is 0 Å². The zero-order valence-electron chi connectivity index (χ0n) is 19.1. The van der Waals surface area contributed by atoms with Gasteiger partial charge >= 0.3 is 6.03 Å². The van der Waals surface area contributed by atoms with E-state index in [1.807, 2.05) is 11.0 Å². The number of fused-ring (bicyclic) bond motifs is 1. The molecular formula is C28H33N3O. The second kappa shape index (κ2) is 9.33. The van der Waals surface area contributed by atoms with E-state index in [0.717, 1.165) is 38.0 Å². The van der Waals surface area contributed by atoms with E-state index in [1.54, 1.807) is 5.57 Å². The first-order chi connectivity index (χ1) is 15.6. The third-order valence-corrected chi connectivity index (χ3v) is 7.01. The number of hydrogen-bond acceptors (Lipinski definition) is 2. The van der Waals surface area contributed by atoms with Gasteiger partial charge in [0.05, 0.1) is 0 Å². The molecule has 2 heterocycles. The molecule has 0 spiro atoms. The molecule has 4 nitrogen and oxygen atoms in total. The van der Waals surface area contributed by atoms with E-state index >= 15 is 0 Å². The van der Waals surface area contributed by atoms with Gasteiger partial charge in [0.2, 0.25) is 0 Å². The highest BCUT2D eigenvalue weighted by molar-refractivity contribution is 5.90. The maximum absolute atomic E-state index is 12.8. The lowest BCUT2D eigenvalue weighted by Gasteiger charge is -2.27. The van der Waals surface area contributed by atoms with Gasteiger partial charge in [-0.05, 0) is 86.5 Å². The van der Waals surface area contributed by atoms with Gasteiger partial charge in [0.1, 0.15) is 0 Å². The molecule has 1 saturated heterocycles. The number of nitrogens with one attached hydrogen (secondary N) is 1. The van der Waals surface area contributed by atoms with Gasteiger partial charge in [-0.25, -0.2) is 4.79 Å². The van der Waals surface area contributed by atoms with Gasteiger partial charge in [-0.1, -0.05) is 53.6 Å². The smallest absolute Gasteiger partial charge is 0.320 e. The van der Waals surface area contributed by atoms with E-state index in [4.69, 9.17) is 0 Å². The van der Waals surface area contributed by atoms with Crippen molar-refractivity contribution in [3.63, 3.8) is 0 Å². The number of hydrogen-bond donors (Lipinski definition) is 1. The molecule has 0 saturated carbocycles. The van der Waals surface area contributed by atoms with Crippen LogP contribution < -0.4 is 5.32 Å². The molecule has 5 rings (SSSR count). The van der Waals surface area contributed by atoms with E-state index in [-0.39, 0.29) is 6.03 Å². The molecule has 0 radical (unpaired) electrons. The third kappa shape index (κ3) is 4.81. The minimum Gasteiger partial charge on any atom is -0.320 e. The Morgan fingerprint density at radius 1 is 0.969 bits per heavy atom. The maximum atomic E-state index is 12.8. The molecule has 2 amide bonds. The highest BCUT2D eigenvalue weighted by Crippen LogP contribution is 2.28. The van der Waals surface area contributed by atoms with Gasteiger partial charge in [-0.3, -0.25) is 4.90 Å². The standard InChI is InChI=1S/C28H33N3O/c1-21-4-7-23(8-5-21)24-12-16-31(17-13-24)28(32)29-27-11-10-25-18-22(6-9-26(25)19-27)20-30-14-2-3-15-30/h4-5,7-8,10-12,18-19H,2-3,6,9,13-17,20H2,1H3,(H,29,32). The van der Waals surface area contributed by atoms with Crippen LogP contribution in [-0.4, -0.2) is 48.6 Å². The summed E-state index contributed by atoms with van der Waals surface area (Å²) >= 11 is 0. The molecule has 32 heavy (non-hydrogen) atoms. The first-order valence-corrected chi connectivity index (χ1v) is 12.0. The van der Waals surface area contributed by atoms with Crippen LogP contribution in [0.5, 0.6) is 0 Å². The average Bonchev–Trinajstić information content (AvgIpc) is 3.33. The molecule has 3 aliphatic rings. The van der Waals surface area contributed by atoms with Crippen LogP contribution in [-0.2, 0) is 6.42 Å². The summed E-state index contributed by atoms with van der Waals surface area (Å²) in [5, 5.41) is 3.12. The van der Waals surface area contributed by atoms with Crippen molar-refractivity contribution >= 4 is 23.4 Å². The Hall–Kier alpha value is -2.85. The molecule has 0 bridgehead atoms. The summed E-state index contributed by atoms with van der Waals surface area (Å²) in [6.07, 6.45) is 10.3. The molecular weight excluding hydrogens is 394 g/mol. The van der Waals surface area contributed by atoms with Crippen LogP contribution in [0.1, 0.15) is 47.9 Å². The molecule has 0 unspecified atom stereocenters. The second-order valence-corrected chi connectivity index (χ2v) is 9.42. The van der Waals surface area contributed by atoms with E-state index in [2.05, 4.69) is 65.7 Å². The number of amides is 2. The summed E-state index contributed by atoms with van der Waals surface area (Å²) in [6.45, 7) is 7.11. The van der Waals surface area contributed by atoms with Crippen molar-refractivity contribution in [1.82, 2.24) is 9.80 Å². The van der Waals surface area contributed by atoms with E-state index in [0.29, 0.717) is 6.54 Å². The van der Waals surface area contributed by atoms with Crippen LogP contribution in [0.2, 0.25) is 0 Å². The Kier molecular flexibility index (Phi) is 6.13. The highest BCUT2D eigenvalue weighted by atomic mass is 16.2. The van der Waals surface area contributed by atoms with Gasteiger partial charge in [0.25, 0.3) is 0 Å². The van der Waals surface area contributed by atoms with Crippen molar-refractivity contribution in [3.8, 4) is 0 Å². The zero-order chi connectivity index (χ0) is 21.9. The third-order valence-electron chi connectivity index (χ3n) is 7.01. The molecule has 2 aliphatic heterocycles. The topological polar surface area (TPSA) is 35.6 Å². The van der Waals surface area contributed by atoms with E-state index in [1.165, 1.54) is 53.8 Å². The lowest BCUT2D eigenvalue weighted by Crippen LogP contribution is -2.37. The predicted molar refractivity (Wildman–Crippen MR) is 133 cm³/mol. The minimum atomic E-state index is -0.00905. The molecule has 2 aromatic carbocycles. The molecule has 2 aromatic rings. The average molecular weight is 428 g/mol. The van der Waals surface area contributed by atoms with Gasteiger partial charge in [-0.15, -0.1) is 0 Å². The predicted octanol–water partition coefficient (Wildman–Crippen LogP) is 5.74. The summed E-state index contributed by atoms with van der Waals surface area (Å²) in [5.41, 5.74) is 8.97. The number of urea groups is 1. The zero-order valence-corrected chi connectivity index (χ0v) is 19.1. The van der Waals surface area contributed by atoms with Gasteiger partial charge < -0.3 is 10.2 Å². The fourth-order valence-electron chi connectivity index (χ4n) is 5.07. The van der Waals surface area contributed by atoms with Gasteiger partial charge in [0, 0.05) is 25.3 Å². The molecule has 4 heteroatoms. The van der Waals surface area contributed by atoms with Crippen LogP contribution >= 0.6 is 0 Å². The van der Waals surface area contributed by atoms with Crippen molar-refractivity contribution in [2.24, 2.45) is 0 Å². The van der Waals surface area contributed by atoms with E-state index < -0.39 is 0 Å². The quantitative estimate of drug-likeness (QED) is 0.675. The second-order valence-electron chi connectivity index (χ2n) is 9.42. The number of anilines is 1. The first kappa shape index (κ1) is 21.0. The maximum Gasteiger partial charge on any atom is 0.322 e. The SMILES string of the molecule is Cc1ccc(C2=CCN(C(=O)Nc3ccc4c(c3)CCC(CN3CCCC3)=C4)CC2)cc1. The lowest BCUT2D eigenvalue weighted by atomic mass is 9.91. The van der Waals surface area contributed by atoms with Crippen LogP contribution in [0.25, 0.3) is 11.6 Å². The van der Waals surface area contributed by atoms with Crippen molar-refractivity contribution in [3.05, 3.63) is 76.4 Å². The fourth-order valence-corrected chi connectivity index (χ4v) is 5.07. The number of rotatable bonds is 4. The van der Waals surface area contributed by atoms with E-state index in [9.17, 15) is 4.79 Å². The summed E-state index contributed by atoms with van der Waals surface area (Å²) in [5.74, 6) is 0. The summed E-state index contributed by atoms with van der Waals surface area (Å²) in [6, 6.07) is 15.0. The van der Waals surface area contributed by atoms with Crippen LogP contribution in [0.3, 0.4) is 0 Å². The summed E-state index contributed by atoms with van der Waals surface area (Å²) < 4.78 is 0. The first-order valence-electron chi connectivity index (χ1n) is 12.0. The van der Waals surface area contributed by atoms with Crippen molar-refractivity contribution in [2.45, 2.75) is 39.0 Å². The van der Waals surface area contributed by atoms with Gasteiger partial charge in [-0.2, -0.15) is 0 Å². The monoisotopic (exact) mass is 427 g/mol. The van der Waals surface area contributed by atoms with Crippen LogP contribution in [0.4, 0.5) is 10.5 Å². The fraction of sp³-hybridized carbons (Fsp3) is 0.393. The van der Waals surface area contributed by atoms with Gasteiger partial charge in [0.15, 0.2) is 0 Å². The molecule has 166 valence electrons. The minimum absolute atomic E-state index is 0.00905. The molecule has 1 fully saturated rings. The largest absolute Gasteiger partial charge is 0.322 e. The normalized spacial score (nSPS) is 18.7. The summed E-state index contributed by atoms with van der Waals surface area (Å²) in [4.78, 5) is 17.3. The van der Waals surface area contributed by atoms with Crippen molar-refractivity contribution in [2.75, 3.05) is 38.0 Å². The number of aryl methyl sites for hydroxylation is 2. The number of nitrogens with zero attached hydrogens (tertiary/aromatic N) is 2. The summed E-state index contributed by atoms with van der Waals surface area (Å²) in [7, 11) is 0. The number of carbonyl (C=O) groups excluding carboxylic acids is 1. The Morgan fingerprint density at radius 2 is 1.78 bits per heavy atom. The molecule has 0 atom stereocenters.